The van der Waals surface area contributed by atoms with Crippen LogP contribution in [0.5, 0.6) is 0 Å². The van der Waals surface area contributed by atoms with E-state index in [0.717, 1.165) is 12.0 Å². The summed E-state index contributed by atoms with van der Waals surface area (Å²) in [7, 11) is -3.76. The highest BCUT2D eigenvalue weighted by Gasteiger charge is 2.32. The van der Waals surface area contributed by atoms with Crippen molar-refractivity contribution in [2.75, 3.05) is 13.2 Å². The normalized spacial score (nSPS) is 23.4. The number of aliphatic hydroxyl groups is 1. The van der Waals surface area contributed by atoms with Crippen molar-refractivity contribution in [3.63, 3.8) is 0 Å². The third-order valence-corrected chi connectivity index (χ3v) is 7.14. The number of amides is 1. The molecule has 0 aromatic heterocycles. The van der Waals surface area contributed by atoms with Gasteiger partial charge in [0.05, 0.1) is 30.1 Å². The lowest BCUT2D eigenvalue weighted by Crippen LogP contribution is -2.49. The Morgan fingerprint density at radius 3 is 2.52 bits per heavy atom. The molecule has 0 saturated heterocycles. The Kier molecular flexibility index (Phi) is 6.52. The quantitative estimate of drug-likeness (QED) is 0.663. The minimum atomic E-state index is -3.76. The van der Waals surface area contributed by atoms with Crippen molar-refractivity contribution < 1.29 is 23.1 Å². The summed E-state index contributed by atoms with van der Waals surface area (Å²) < 4.78 is 33.6. The number of benzene rings is 2. The number of fused-ring (bicyclic) bond motifs is 1. The van der Waals surface area contributed by atoms with Crippen LogP contribution in [0.1, 0.15) is 17.5 Å². The number of ether oxygens (including phenoxy) is 1. The summed E-state index contributed by atoms with van der Waals surface area (Å²) in [6.07, 6.45) is 3.04. The Bertz CT molecular complexity index is 1050. The molecule has 2 N–H and O–H groups in total. The van der Waals surface area contributed by atoms with Crippen molar-refractivity contribution in [3.05, 3.63) is 77.9 Å². The second-order valence-corrected chi connectivity index (χ2v) is 9.49. The molecule has 0 aliphatic carbocycles. The average Bonchev–Trinajstić information content (AvgIpc) is 2.80. The Labute approximate surface area is 182 Å². The van der Waals surface area contributed by atoms with Gasteiger partial charge in [-0.1, -0.05) is 54.6 Å². The van der Waals surface area contributed by atoms with E-state index in [2.05, 4.69) is 10.8 Å². The highest BCUT2D eigenvalue weighted by Crippen LogP contribution is 2.22. The largest absolute Gasteiger partial charge is 0.394 e. The number of hydrogen-bond acceptors (Lipinski definition) is 5. The van der Waals surface area contributed by atoms with Gasteiger partial charge in [0.25, 0.3) is 0 Å². The van der Waals surface area contributed by atoms with Crippen molar-refractivity contribution in [2.24, 2.45) is 0 Å². The van der Waals surface area contributed by atoms with Crippen molar-refractivity contribution in [1.29, 1.82) is 0 Å². The first-order valence-corrected chi connectivity index (χ1v) is 11.8. The number of hydrogen-bond donors (Lipinski definition) is 2. The molecule has 2 aromatic rings. The Morgan fingerprint density at radius 1 is 1.06 bits per heavy atom. The summed E-state index contributed by atoms with van der Waals surface area (Å²) in [5, 5.41) is 9.75. The van der Waals surface area contributed by atoms with Crippen LogP contribution in [0.25, 0.3) is 0 Å². The monoisotopic (exact) mass is 442 g/mol. The lowest BCUT2D eigenvalue weighted by molar-refractivity contribution is -0.136. The van der Waals surface area contributed by atoms with Crippen molar-refractivity contribution in [2.45, 2.75) is 42.5 Å². The summed E-state index contributed by atoms with van der Waals surface area (Å²) in [5.74, 6) is -0.0239. The SMILES string of the molecule is O=C(C[C@H]1C=C[C@H](NS(=O)(=O)c2ccccc2)[C@H](CO)O1)N1CCc2ccccc2C1. The Hall–Kier alpha value is -2.52. The highest BCUT2D eigenvalue weighted by molar-refractivity contribution is 7.89. The maximum atomic E-state index is 12.8. The minimum Gasteiger partial charge on any atom is -0.394 e. The molecule has 0 unspecified atom stereocenters. The number of sulfonamides is 1. The molecule has 1 amide bonds. The zero-order valence-electron chi connectivity index (χ0n) is 17.1. The van der Waals surface area contributed by atoms with Crippen molar-refractivity contribution in [3.8, 4) is 0 Å². The third-order valence-electron chi connectivity index (χ3n) is 5.67. The maximum absolute atomic E-state index is 12.8. The van der Waals surface area contributed by atoms with E-state index in [4.69, 9.17) is 4.74 Å². The van der Waals surface area contributed by atoms with Gasteiger partial charge in [-0.15, -0.1) is 0 Å². The van der Waals surface area contributed by atoms with Gasteiger partial charge in [-0.2, -0.15) is 0 Å². The van der Waals surface area contributed by atoms with Crippen LogP contribution in [0, 0.1) is 0 Å². The molecule has 7 nitrogen and oxygen atoms in total. The zero-order valence-corrected chi connectivity index (χ0v) is 17.9. The molecule has 0 spiro atoms. The molecule has 4 rings (SSSR count). The number of nitrogens with zero attached hydrogens (tertiary/aromatic N) is 1. The number of rotatable bonds is 6. The highest BCUT2D eigenvalue weighted by atomic mass is 32.2. The summed E-state index contributed by atoms with van der Waals surface area (Å²) in [6, 6.07) is 15.4. The fourth-order valence-electron chi connectivity index (χ4n) is 3.97. The number of aliphatic hydroxyl groups excluding tert-OH is 1. The molecule has 2 aliphatic rings. The molecule has 2 aliphatic heterocycles. The van der Waals surface area contributed by atoms with Gasteiger partial charge in [-0.05, 0) is 29.7 Å². The van der Waals surface area contributed by atoms with E-state index in [9.17, 15) is 18.3 Å². The summed E-state index contributed by atoms with van der Waals surface area (Å²) >= 11 is 0. The van der Waals surface area contributed by atoms with Crippen LogP contribution in [0.15, 0.2) is 71.6 Å². The van der Waals surface area contributed by atoms with Crippen LogP contribution in [0.4, 0.5) is 0 Å². The van der Waals surface area contributed by atoms with E-state index < -0.39 is 28.3 Å². The van der Waals surface area contributed by atoms with Crippen LogP contribution in [-0.4, -0.2) is 55.7 Å². The van der Waals surface area contributed by atoms with E-state index in [1.54, 1.807) is 30.4 Å². The van der Waals surface area contributed by atoms with Crippen LogP contribution >= 0.6 is 0 Å². The second kappa shape index (κ2) is 9.32. The zero-order chi connectivity index (χ0) is 21.8. The summed E-state index contributed by atoms with van der Waals surface area (Å²) in [5.41, 5.74) is 2.43. The molecule has 3 atom stereocenters. The number of carbonyl (C=O) groups excluding carboxylic acids is 1. The molecule has 8 heteroatoms. The van der Waals surface area contributed by atoms with Crippen LogP contribution in [0.2, 0.25) is 0 Å². The van der Waals surface area contributed by atoms with Crippen LogP contribution in [0.3, 0.4) is 0 Å². The molecule has 0 saturated carbocycles. The Balaban J connectivity index is 1.39. The topological polar surface area (TPSA) is 95.9 Å². The lowest BCUT2D eigenvalue weighted by Gasteiger charge is -2.33. The second-order valence-electron chi connectivity index (χ2n) is 7.78. The van der Waals surface area contributed by atoms with Gasteiger partial charge < -0.3 is 14.7 Å². The summed E-state index contributed by atoms with van der Waals surface area (Å²) in [4.78, 5) is 14.8. The average molecular weight is 443 g/mol. The molecule has 0 fully saturated rings. The van der Waals surface area contributed by atoms with E-state index in [1.807, 2.05) is 23.1 Å². The van der Waals surface area contributed by atoms with E-state index in [0.29, 0.717) is 13.1 Å². The first kappa shape index (κ1) is 21.7. The fourth-order valence-corrected chi connectivity index (χ4v) is 5.21. The maximum Gasteiger partial charge on any atom is 0.241 e. The molecule has 0 radical (unpaired) electrons. The number of nitrogens with one attached hydrogen (secondary N) is 1. The molecule has 31 heavy (non-hydrogen) atoms. The first-order chi connectivity index (χ1) is 15.0. The van der Waals surface area contributed by atoms with Crippen LogP contribution < -0.4 is 4.72 Å². The number of carbonyl (C=O) groups is 1. The van der Waals surface area contributed by atoms with Gasteiger partial charge in [-0.25, -0.2) is 13.1 Å². The van der Waals surface area contributed by atoms with Gasteiger partial charge in [-0.3, -0.25) is 4.79 Å². The Morgan fingerprint density at radius 2 is 1.77 bits per heavy atom. The van der Waals surface area contributed by atoms with Crippen LogP contribution in [-0.2, 0) is 32.5 Å². The van der Waals surface area contributed by atoms with Gasteiger partial charge in [0.1, 0.15) is 6.10 Å². The van der Waals surface area contributed by atoms with Gasteiger partial charge in [0.2, 0.25) is 15.9 Å². The van der Waals surface area contributed by atoms with Crippen molar-refractivity contribution in [1.82, 2.24) is 9.62 Å². The molecule has 2 heterocycles. The van der Waals surface area contributed by atoms with Gasteiger partial charge in [0.15, 0.2) is 0 Å². The summed E-state index contributed by atoms with van der Waals surface area (Å²) in [6.45, 7) is 0.873. The predicted molar refractivity (Wildman–Crippen MR) is 116 cm³/mol. The third kappa shape index (κ3) is 5.04. The standard InChI is InChI=1S/C23H26N2O5S/c26-16-22-21(24-31(28,29)20-8-2-1-3-9-20)11-10-19(30-22)14-23(27)25-13-12-17-6-4-5-7-18(17)15-25/h1-11,19,21-22,24,26H,12-16H2/t19-,21+,22+/m1/s1. The molecular formula is C23H26N2O5S. The van der Waals surface area contributed by atoms with E-state index >= 15 is 0 Å². The van der Waals surface area contributed by atoms with Gasteiger partial charge >= 0.3 is 0 Å². The molecule has 2 aromatic carbocycles. The minimum absolute atomic E-state index is 0.0239. The molecular weight excluding hydrogens is 416 g/mol. The molecule has 0 bridgehead atoms. The predicted octanol–water partition coefficient (Wildman–Crippen LogP) is 1.62. The fraction of sp³-hybridized carbons (Fsp3) is 0.348. The van der Waals surface area contributed by atoms with E-state index in [-0.39, 0.29) is 23.8 Å². The van der Waals surface area contributed by atoms with E-state index in [1.165, 1.54) is 17.7 Å². The first-order valence-electron chi connectivity index (χ1n) is 10.3. The lowest BCUT2D eigenvalue weighted by atomic mass is 9.99. The molecule has 164 valence electrons. The smallest absolute Gasteiger partial charge is 0.241 e. The van der Waals surface area contributed by atoms with Gasteiger partial charge in [0, 0.05) is 13.1 Å². The van der Waals surface area contributed by atoms with Crippen molar-refractivity contribution >= 4 is 15.9 Å².